The summed E-state index contributed by atoms with van der Waals surface area (Å²) in [6, 6.07) is 0. The molecule has 0 aliphatic heterocycles. The first-order chi connectivity index (χ1) is 8.85. The Hall–Kier alpha value is -2.10. The van der Waals surface area contributed by atoms with Crippen molar-refractivity contribution in [2.75, 3.05) is 18.9 Å². The molecule has 0 unspecified atom stereocenters. The van der Waals surface area contributed by atoms with E-state index in [4.69, 9.17) is 5.73 Å². The number of halogens is 3. The van der Waals surface area contributed by atoms with E-state index < -0.39 is 18.3 Å². The van der Waals surface area contributed by atoms with Gasteiger partial charge in [-0.05, 0) is 0 Å². The number of nitrogen functional groups attached to an aromatic ring is 1. The van der Waals surface area contributed by atoms with Crippen LogP contribution in [0.15, 0.2) is 4.79 Å². The van der Waals surface area contributed by atoms with E-state index in [1.165, 1.54) is 0 Å². The molecule has 7 nitrogen and oxygen atoms in total. The molecule has 0 saturated heterocycles. The smallest absolute Gasteiger partial charge is 0.372 e. The Morgan fingerprint density at radius 2 is 2.00 bits per heavy atom. The molecule has 19 heavy (non-hydrogen) atoms. The molecule has 0 bridgehead atoms. The number of nitrogens with two attached hydrogens (primary N) is 1. The van der Waals surface area contributed by atoms with Crippen molar-refractivity contribution >= 4 is 17.1 Å². The molecule has 0 atom stereocenters. The SMILES string of the molecule is Nc1nc2nc(CCOCC(F)(F)F)[nH]c2c(=O)[nH]1. The van der Waals surface area contributed by atoms with Gasteiger partial charge in [-0.15, -0.1) is 0 Å². The minimum atomic E-state index is -4.36. The van der Waals surface area contributed by atoms with Crippen molar-refractivity contribution in [1.29, 1.82) is 0 Å². The highest BCUT2D eigenvalue weighted by molar-refractivity contribution is 5.70. The molecule has 0 radical (unpaired) electrons. The Bertz CT molecular complexity index is 633. The lowest BCUT2D eigenvalue weighted by molar-refractivity contribution is -0.173. The number of nitrogens with one attached hydrogen (secondary N) is 2. The highest BCUT2D eigenvalue weighted by atomic mass is 19.4. The fourth-order valence-corrected chi connectivity index (χ4v) is 1.45. The highest BCUT2D eigenvalue weighted by Gasteiger charge is 2.27. The van der Waals surface area contributed by atoms with Crippen LogP contribution in [0.3, 0.4) is 0 Å². The first-order valence-corrected chi connectivity index (χ1v) is 5.24. The lowest BCUT2D eigenvalue weighted by Crippen LogP contribution is -2.18. The maximum absolute atomic E-state index is 11.8. The third-order valence-electron chi connectivity index (χ3n) is 2.18. The van der Waals surface area contributed by atoms with Gasteiger partial charge in [0, 0.05) is 6.42 Å². The van der Waals surface area contributed by atoms with Gasteiger partial charge in [0.25, 0.3) is 5.56 Å². The second-order valence-electron chi connectivity index (χ2n) is 3.75. The molecule has 0 aromatic carbocycles. The Kier molecular flexibility index (Phi) is 3.42. The van der Waals surface area contributed by atoms with Gasteiger partial charge in [-0.3, -0.25) is 9.78 Å². The van der Waals surface area contributed by atoms with Gasteiger partial charge in [0.1, 0.15) is 12.4 Å². The van der Waals surface area contributed by atoms with Crippen LogP contribution in [0.5, 0.6) is 0 Å². The van der Waals surface area contributed by atoms with Crippen molar-refractivity contribution in [3.8, 4) is 0 Å². The fraction of sp³-hybridized carbons (Fsp3) is 0.444. The fourth-order valence-electron chi connectivity index (χ4n) is 1.45. The van der Waals surface area contributed by atoms with Crippen LogP contribution < -0.4 is 11.3 Å². The van der Waals surface area contributed by atoms with Crippen LogP contribution >= 0.6 is 0 Å². The van der Waals surface area contributed by atoms with Gasteiger partial charge in [-0.1, -0.05) is 0 Å². The highest BCUT2D eigenvalue weighted by Crippen LogP contribution is 2.14. The predicted molar refractivity (Wildman–Crippen MR) is 59.5 cm³/mol. The zero-order chi connectivity index (χ0) is 14.0. The van der Waals surface area contributed by atoms with E-state index in [-0.39, 0.29) is 30.1 Å². The van der Waals surface area contributed by atoms with Gasteiger partial charge < -0.3 is 15.5 Å². The van der Waals surface area contributed by atoms with Gasteiger partial charge in [-0.25, -0.2) is 4.98 Å². The molecule has 2 aromatic heterocycles. The lowest BCUT2D eigenvalue weighted by atomic mass is 10.4. The van der Waals surface area contributed by atoms with Crippen LogP contribution in [0, 0.1) is 0 Å². The number of fused-ring (bicyclic) bond motifs is 1. The summed E-state index contributed by atoms with van der Waals surface area (Å²) in [5, 5.41) is 0. The Morgan fingerprint density at radius 3 is 2.68 bits per heavy atom. The maximum Gasteiger partial charge on any atom is 0.411 e. The summed E-state index contributed by atoms with van der Waals surface area (Å²) in [6.45, 7) is -1.49. The van der Waals surface area contributed by atoms with Crippen molar-refractivity contribution < 1.29 is 17.9 Å². The van der Waals surface area contributed by atoms with Gasteiger partial charge in [-0.2, -0.15) is 18.2 Å². The lowest BCUT2D eigenvalue weighted by Gasteiger charge is -2.06. The first kappa shape index (κ1) is 13.3. The monoisotopic (exact) mass is 277 g/mol. The molecular weight excluding hydrogens is 267 g/mol. The van der Waals surface area contributed by atoms with Crippen LogP contribution in [-0.2, 0) is 11.2 Å². The normalized spacial score (nSPS) is 12.2. The third-order valence-corrected chi connectivity index (χ3v) is 2.18. The summed E-state index contributed by atoms with van der Waals surface area (Å²) in [5.41, 5.74) is 5.09. The predicted octanol–water partition coefficient (Wildman–Crippen LogP) is 0.350. The van der Waals surface area contributed by atoms with E-state index in [0.29, 0.717) is 5.82 Å². The van der Waals surface area contributed by atoms with E-state index in [1.807, 2.05) is 0 Å². The minimum absolute atomic E-state index is 0.0797. The molecule has 104 valence electrons. The number of H-pyrrole nitrogens is 2. The number of aromatic nitrogens is 4. The van der Waals surface area contributed by atoms with E-state index >= 15 is 0 Å². The standard InChI is InChI=1S/C9H10F3N5O2/c10-9(11,12)3-19-2-1-4-14-5-6(15-4)16-8(13)17-7(5)18/h1-3H2,(H4,13,14,15,16,17,18). The van der Waals surface area contributed by atoms with E-state index in [0.717, 1.165) is 0 Å². The summed E-state index contributed by atoms with van der Waals surface area (Å²) in [4.78, 5) is 24.1. The zero-order valence-electron chi connectivity index (χ0n) is 9.54. The molecular formula is C9H10F3N5O2. The summed E-state index contributed by atoms with van der Waals surface area (Å²) in [7, 11) is 0. The Balaban J connectivity index is 2.02. The first-order valence-electron chi connectivity index (χ1n) is 5.24. The molecule has 2 rings (SSSR count). The van der Waals surface area contributed by atoms with Crippen LogP contribution in [-0.4, -0.2) is 39.3 Å². The van der Waals surface area contributed by atoms with Gasteiger partial charge >= 0.3 is 6.18 Å². The number of aromatic amines is 2. The largest absolute Gasteiger partial charge is 0.411 e. The quantitative estimate of drug-likeness (QED) is 0.698. The molecule has 0 saturated carbocycles. The summed E-state index contributed by atoms with van der Waals surface area (Å²) in [6.07, 6.45) is -4.26. The van der Waals surface area contributed by atoms with E-state index in [2.05, 4.69) is 24.7 Å². The van der Waals surface area contributed by atoms with Gasteiger partial charge in [0.15, 0.2) is 11.2 Å². The average Bonchev–Trinajstić information content (AvgIpc) is 2.66. The van der Waals surface area contributed by atoms with Crippen LogP contribution in [0.1, 0.15) is 5.82 Å². The molecule has 2 aromatic rings. The molecule has 0 aliphatic rings. The second-order valence-corrected chi connectivity index (χ2v) is 3.75. The Morgan fingerprint density at radius 1 is 1.26 bits per heavy atom. The van der Waals surface area contributed by atoms with E-state index in [9.17, 15) is 18.0 Å². The number of rotatable bonds is 4. The molecule has 10 heteroatoms. The Labute approximate surface area is 104 Å². The van der Waals surface area contributed by atoms with Crippen molar-refractivity contribution in [3.05, 3.63) is 16.2 Å². The minimum Gasteiger partial charge on any atom is -0.372 e. The molecule has 0 aliphatic carbocycles. The third kappa shape index (κ3) is 3.44. The molecule has 0 spiro atoms. The number of anilines is 1. The van der Waals surface area contributed by atoms with Crippen molar-refractivity contribution in [3.63, 3.8) is 0 Å². The zero-order valence-corrected chi connectivity index (χ0v) is 9.54. The molecule has 0 amide bonds. The number of hydrogen-bond donors (Lipinski definition) is 3. The van der Waals surface area contributed by atoms with Crippen LogP contribution in [0.4, 0.5) is 19.1 Å². The van der Waals surface area contributed by atoms with Crippen molar-refractivity contribution in [2.45, 2.75) is 12.6 Å². The second kappa shape index (κ2) is 4.88. The number of imidazole rings is 1. The molecule has 2 heterocycles. The molecule has 4 N–H and O–H groups in total. The number of nitrogens with zero attached hydrogens (tertiary/aromatic N) is 2. The number of ether oxygens (including phenoxy) is 1. The summed E-state index contributed by atoms with van der Waals surface area (Å²) >= 11 is 0. The van der Waals surface area contributed by atoms with E-state index in [1.54, 1.807) is 0 Å². The average molecular weight is 277 g/mol. The maximum atomic E-state index is 11.8. The van der Waals surface area contributed by atoms with Crippen molar-refractivity contribution in [2.24, 2.45) is 0 Å². The van der Waals surface area contributed by atoms with Crippen LogP contribution in [0.25, 0.3) is 11.2 Å². The summed E-state index contributed by atoms with van der Waals surface area (Å²) < 4.78 is 39.9. The summed E-state index contributed by atoms with van der Waals surface area (Å²) in [5.74, 6) is 0.227. The number of hydrogen-bond acceptors (Lipinski definition) is 5. The van der Waals surface area contributed by atoms with Gasteiger partial charge in [0.05, 0.1) is 6.61 Å². The molecule has 0 fully saturated rings. The topological polar surface area (TPSA) is 110 Å². The van der Waals surface area contributed by atoms with Crippen molar-refractivity contribution in [1.82, 2.24) is 19.9 Å². The van der Waals surface area contributed by atoms with Crippen LogP contribution in [0.2, 0.25) is 0 Å². The number of alkyl halides is 3. The van der Waals surface area contributed by atoms with Gasteiger partial charge in [0.2, 0.25) is 5.95 Å².